The molecule has 108 valence electrons. The zero-order valence-corrected chi connectivity index (χ0v) is 13.5. The van der Waals surface area contributed by atoms with Gasteiger partial charge in [-0.1, -0.05) is 19.1 Å². The van der Waals surface area contributed by atoms with Crippen LogP contribution >= 0.6 is 24.0 Å². The van der Waals surface area contributed by atoms with Crippen LogP contribution in [0, 0.1) is 5.41 Å². The highest BCUT2D eigenvalue weighted by atomic mass is 32.2. The lowest BCUT2D eigenvalue weighted by molar-refractivity contribution is 0.0670. The molecule has 1 aliphatic rings. The van der Waals surface area contributed by atoms with Crippen molar-refractivity contribution in [1.82, 2.24) is 4.90 Å². The molecule has 0 aromatic heterocycles. The average molecular weight is 308 g/mol. The van der Waals surface area contributed by atoms with Crippen molar-refractivity contribution in [3.8, 4) is 0 Å². The van der Waals surface area contributed by atoms with Gasteiger partial charge in [-0.3, -0.25) is 4.79 Å². The molecule has 2 N–H and O–H groups in total. The molecule has 1 amide bonds. The Morgan fingerprint density at radius 3 is 2.30 bits per heavy atom. The number of thiocarbonyl (C=S) groups is 1. The van der Waals surface area contributed by atoms with Crippen LogP contribution in [0.3, 0.4) is 0 Å². The molecular weight excluding hydrogens is 288 g/mol. The molecule has 1 heterocycles. The molecular formula is C15H20N2OS2. The van der Waals surface area contributed by atoms with Gasteiger partial charge in [0.15, 0.2) is 0 Å². The maximum Gasteiger partial charge on any atom is 0.253 e. The molecule has 1 aliphatic heterocycles. The minimum atomic E-state index is -0.102. The number of hydrogen-bond donors (Lipinski definition) is 1. The molecule has 0 aliphatic carbocycles. The van der Waals surface area contributed by atoms with Crippen molar-refractivity contribution in [2.75, 3.05) is 19.3 Å². The Labute approximate surface area is 129 Å². The standard InChI is InChI=1S/C15H20N2OS2/c1-15(14(16)19)7-9-17(10-8-15)13(18)11-3-5-12(20-2)6-4-11/h3-6H,7-10H2,1-2H3,(H2,16,19). The third-order valence-corrected chi connectivity index (χ3v) is 5.32. The fourth-order valence-electron chi connectivity index (χ4n) is 2.37. The zero-order valence-electron chi connectivity index (χ0n) is 11.9. The Bertz CT molecular complexity index is 505. The molecule has 20 heavy (non-hydrogen) atoms. The number of nitrogens with two attached hydrogens (primary N) is 1. The van der Waals surface area contributed by atoms with Crippen molar-refractivity contribution >= 4 is 34.9 Å². The van der Waals surface area contributed by atoms with Gasteiger partial charge < -0.3 is 10.6 Å². The van der Waals surface area contributed by atoms with Gasteiger partial charge in [0.05, 0.1) is 4.99 Å². The number of benzene rings is 1. The van der Waals surface area contributed by atoms with E-state index in [0.29, 0.717) is 4.99 Å². The number of rotatable bonds is 3. The fourth-order valence-corrected chi connectivity index (χ4v) is 2.98. The van der Waals surface area contributed by atoms with Gasteiger partial charge in [0.25, 0.3) is 5.91 Å². The van der Waals surface area contributed by atoms with E-state index in [-0.39, 0.29) is 11.3 Å². The van der Waals surface area contributed by atoms with Crippen LogP contribution in [0.2, 0.25) is 0 Å². The molecule has 0 unspecified atom stereocenters. The number of likely N-dealkylation sites (tertiary alicyclic amines) is 1. The van der Waals surface area contributed by atoms with Gasteiger partial charge in [-0.25, -0.2) is 0 Å². The number of hydrogen-bond acceptors (Lipinski definition) is 3. The van der Waals surface area contributed by atoms with Crippen molar-refractivity contribution in [3.05, 3.63) is 29.8 Å². The van der Waals surface area contributed by atoms with Crippen molar-refractivity contribution < 1.29 is 4.79 Å². The summed E-state index contributed by atoms with van der Waals surface area (Å²) >= 11 is 6.80. The number of nitrogens with zero attached hydrogens (tertiary/aromatic N) is 1. The van der Waals surface area contributed by atoms with E-state index < -0.39 is 0 Å². The van der Waals surface area contributed by atoms with E-state index in [1.54, 1.807) is 11.8 Å². The van der Waals surface area contributed by atoms with E-state index in [9.17, 15) is 4.79 Å². The maximum absolute atomic E-state index is 12.4. The Morgan fingerprint density at radius 1 is 1.30 bits per heavy atom. The smallest absolute Gasteiger partial charge is 0.253 e. The summed E-state index contributed by atoms with van der Waals surface area (Å²) in [6.45, 7) is 3.53. The first-order valence-electron chi connectivity index (χ1n) is 6.69. The highest BCUT2D eigenvalue weighted by molar-refractivity contribution is 7.98. The summed E-state index contributed by atoms with van der Waals surface area (Å²) in [5, 5.41) is 0. The van der Waals surface area contributed by atoms with E-state index in [1.807, 2.05) is 35.4 Å². The number of carbonyl (C=O) groups excluding carboxylic acids is 1. The summed E-state index contributed by atoms with van der Waals surface area (Å²) in [4.78, 5) is 16.1. The molecule has 5 heteroatoms. The fraction of sp³-hybridized carbons (Fsp3) is 0.467. The quantitative estimate of drug-likeness (QED) is 0.689. The van der Waals surface area contributed by atoms with E-state index >= 15 is 0 Å². The Morgan fingerprint density at radius 2 is 1.85 bits per heavy atom. The molecule has 0 spiro atoms. The van der Waals surface area contributed by atoms with Crippen LogP contribution in [0.25, 0.3) is 0 Å². The average Bonchev–Trinajstić information content (AvgIpc) is 2.47. The summed E-state index contributed by atoms with van der Waals surface area (Å²) < 4.78 is 0. The molecule has 1 saturated heterocycles. The third kappa shape index (κ3) is 3.15. The molecule has 1 aromatic carbocycles. The lowest BCUT2D eigenvalue weighted by Crippen LogP contribution is -2.46. The summed E-state index contributed by atoms with van der Waals surface area (Å²) in [7, 11) is 0. The zero-order chi connectivity index (χ0) is 14.8. The molecule has 0 saturated carbocycles. The normalized spacial score (nSPS) is 17.8. The highest BCUT2D eigenvalue weighted by Crippen LogP contribution is 2.31. The third-order valence-electron chi connectivity index (χ3n) is 4.09. The van der Waals surface area contributed by atoms with Crippen LogP contribution in [0.4, 0.5) is 0 Å². The minimum Gasteiger partial charge on any atom is -0.393 e. The van der Waals surface area contributed by atoms with E-state index in [2.05, 4.69) is 6.92 Å². The van der Waals surface area contributed by atoms with Crippen LogP contribution < -0.4 is 5.73 Å². The maximum atomic E-state index is 12.4. The predicted octanol–water partition coefficient (Wildman–Crippen LogP) is 2.94. The second-order valence-electron chi connectivity index (χ2n) is 5.45. The largest absolute Gasteiger partial charge is 0.393 e. The molecule has 1 fully saturated rings. The van der Waals surface area contributed by atoms with Crippen LogP contribution in [-0.2, 0) is 0 Å². The molecule has 0 bridgehead atoms. The summed E-state index contributed by atoms with van der Waals surface area (Å²) in [5.74, 6) is 0.0997. The van der Waals surface area contributed by atoms with Gasteiger partial charge in [-0.2, -0.15) is 0 Å². The first-order valence-corrected chi connectivity index (χ1v) is 8.33. The number of thioether (sulfide) groups is 1. The number of carbonyl (C=O) groups is 1. The van der Waals surface area contributed by atoms with E-state index in [0.717, 1.165) is 31.5 Å². The first kappa shape index (κ1) is 15.3. The Hall–Kier alpha value is -1.07. The second-order valence-corrected chi connectivity index (χ2v) is 6.77. The summed E-state index contributed by atoms with van der Waals surface area (Å²) in [6.07, 6.45) is 3.71. The van der Waals surface area contributed by atoms with Crippen LogP contribution in [-0.4, -0.2) is 35.1 Å². The van der Waals surface area contributed by atoms with Crippen LogP contribution in [0.5, 0.6) is 0 Å². The molecule has 0 atom stereocenters. The van der Waals surface area contributed by atoms with Crippen molar-refractivity contribution in [3.63, 3.8) is 0 Å². The molecule has 1 aromatic rings. The van der Waals surface area contributed by atoms with Gasteiger partial charge in [-0.15, -0.1) is 11.8 Å². The van der Waals surface area contributed by atoms with E-state index in [1.165, 1.54) is 4.90 Å². The van der Waals surface area contributed by atoms with Gasteiger partial charge in [-0.05, 0) is 43.4 Å². The van der Waals surface area contributed by atoms with Crippen LogP contribution in [0.15, 0.2) is 29.2 Å². The molecule has 2 rings (SSSR count). The molecule has 3 nitrogen and oxygen atoms in total. The SMILES string of the molecule is CSc1ccc(C(=O)N2CCC(C)(C(N)=S)CC2)cc1. The van der Waals surface area contributed by atoms with Gasteiger partial charge in [0, 0.05) is 29.0 Å². The summed E-state index contributed by atoms with van der Waals surface area (Å²) in [6, 6.07) is 7.77. The van der Waals surface area contributed by atoms with E-state index in [4.69, 9.17) is 18.0 Å². The minimum absolute atomic E-state index is 0.0997. The first-order chi connectivity index (χ1) is 9.46. The highest BCUT2D eigenvalue weighted by Gasteiger charge is 2.34. The lowest BCUT2D eigenvalue weighted by Gasteiger charge is -2.38. The lowest BCUT2D eigenvalue weighted by atomic mass is 9.80. The number of piperidine rings is 1. The van der Waals surface area contributed by atoms with Crippen molar-refractivity contribution in [2.24, 2.45) is 11.1 Å². The van der Waals surface area contributed by atoms with Crippen molar-refractivity contribution in [1.29, 1.82) is 0 Å². The van der Waals surface area contributed by atoms with Gasteiger partial charge in [0.2, 0.25) is 0 Å². The monoisotopic (exact) mass is 308 g/mol. The predicted molar refractivity (Wildman–Crippen MR) is 88.3 cm³/mol. The number of amides is 1. The van der Waals surface area contributed by atoms with Crippen molar-refractivity contribution in [2.45, 2.75) is 24.7 Å². The van der Waals surface area contributed by atoms with Crippen LogP contribution in [0.1, 0.15) is 30.1 Å². The second kappa shape index (κ2) is 6.14. The van der Waals surface area contributed by atoms with Gasteiger partial charge >= 0.3 is 0 Å². The Balaban J connectivity index is 2.02. The molecule has 0 radical (unpaired) electrons. The van der Waals surface area contributed by atoms with Gasteiger partial charge in [0.1, 0.15) is 0 Å². The summed E-state index contributed by atoms with van der Waals surface area (Å²) in [5.41, 5.74) is 6.44. The Kier molecular flexibility index (Phi) is 4.70. The topological polar surface area (TPSA) is 46.3 Å².